The Balaban J connectivity index is 1.71. The summed E-state index contributed by atoms with van der Waals surface area (Å²) in [6.45, 7) is 2.86. The summed E-state index contributed by atoms with van der Waals surface area (Å²) in [6, 6.07) is 7.75. The molecule has 1 unspecified atom stereocenters. The Kier molecular flexibility index (Phi) is 3.28. The van der Waals surface area contributed by atoms with E-state index in [9.17, 15) is 4.79 Å². The first-order chi connectivity index (χ1) is 9.67. The molecule has 2 aromatic rings. The fourth-order valence-electron chi connectivity index (χ4n) is 2.50. The van der Waals surface area contributed by atoms with E-state index in [4.69, 9.17) is 0 Å². The summed E-state index contributed by atoms with van der Waals surface area (Å²) >= 11 is 0. The van der Waals surface area contributed by atoms with E-state index in [-0.39, 0.29) is 5.91 Å². The topological polar surface area (TPSA) is 69.8 Å². The van der Waals surface area contributed by atoms with E-state index in [0.29, 0.717) is 0 Å². The van der Waals surface area contributed by atoms with E-state index in [1.165, 1.54) is 0 Å². The molecule has 0 aliphatic carbocycles. The van der Waals surface area contributed by atoms with E-state index in [0.717, 1.165) is 36.3 Å². The number of hydrogen-bond donors (Lipinski definition) is 3. The van der Waals surface area contributed by atoms with Crippen LogP contribution in [0.3, 0.4) is 0 Å². The fraction of sp³-hybridized carbons (Fsp3) is 0.333. The number of imidazole rings is 1. The van der Waals surface area contributed by atoms with Gasteiger partial charge in [-0.15, -0.1) is 0 Å². The maximum atomic E-state index is 12.3. The van der Waals surface area contributed by atoms with Gasteiger partial charge in [-0.1, -0.05) is 12.1 Å². The van der Waals surface area contributed by atoms with Crippen molar-refractivity contribution in [1.82, 2.24) is 15.3 Å². The zero-order chi connectivity index (χ0) is 14.0. The van der Waals surface area contributed by atoms with Crippen molar-refractivity contribution in [2.75, 3.05) is 11.9 Å². The summed E-state index contributed by atoms with van der Waals surface area (Å²) in [5, 5.41) is 6.23. The van der Waals surface area contributed by atoms with Gasteiger partial charge in [-0.3, -0.25) is 4.79 Å². The molecule has 0 bridgehead atoms. The number of rotatable bonds is 3. The van der Waals surface area contributed by atoms with Crippen molar-refractivity contribution < 1.29 is 4.79 Å². The van der Waals surface area contributed by atoms with Crippen molar-refractivity contribution >= 4 is 11.6 Å². The second-order valence-corrected chi connectivity index (χ2v) is 5.36. The van der Waals surface area contributed by atoms with Gasteiger partial charge in [0, 0.05) is 5.69 Å². The highest BCUT2D eigenvalue weighted by atomic mass is 16.2. The SMILES string of the molecule is CC1(C(=O)Nc2ccc(-c3cnc[nH]3)cc2)CCCN1. The van der Waals surface area contributed by atoms with Crippen LogP contribution in [-0.4, -0.2) is 28.0 Å². The smallest absolute Gasteiger partial charge is 0.244 e. The van der Waals surface area contributed by atoms with Crippen LogP contribution in [0.5, 0.6) is 0 Å². The number of carbonyl (C=O) groups is 1. The number of anilines is 1. The van der Waals surface area contributed by atoms with E-state index in [2.05, 4.69) is 20.6 Å². The van der Waals surface area contributed by atoms with E-state index < -0.39 is 5.54 Å². The summed E-state index contributed by atoms with van der Waals surface area (Å²) in [6.07, 6.45) is 5.35. The molecule has 0 saturated carbocycles. The van der Waals surface area contributed by atoms with Gasteiger partial charge in [-0.05, 0) is 44.0 Å². The first-order valence-electron chi connectivity index (χ1n) is 6.83. The van der Waals surface area contributed by atoms with Crippen LogP contribution in [0.1, 0.15) is 19.8 Å². The van der Waals surface area contributed by atoms with Gasteiger partial charge in [0.05, 0.1) is 23.8 Å². The van der Waals surface area contributed by atoms with Crippen molar-refractivity contribution in [3.05, 3.63) is 36.8 Å². The fourth-order valence-corrected chi connectivity index (χ4v) is 2.50. The lowest BCUT2D eigenvalue weighted by atomic mass is 9.99. The Bertz CT molecular complexity index is 583. The molecule has 5 heteroatoms. The van der Waals surface area contributed by atoms with Crippen molar-refractivity contribution in [3.63, 3.8) is 0 Å². The zero-order valence-electron chi connectivity index (χ0n) is 11.4. The highest BCUT2D eigenvalue weighted by Gasteiger charge is 2.35. The largest absolute Gasteiger partial charge is 0.345 e. The molecule has 3 rings (SSSR count). The number of nitrogens with one attached hydrogen (secondary N) is 3. The lowest BCUT2D eigenvalue weighted by Gasteiger charge is -2.23. The lowest BCUT2D eigenvalue weighted by Crippen LogP contribution is -2.47. The number of hydrogen-bond acceptors (Lipinski definition) is 3. The van der Waals surface area contributed by atoms with Crippen LogP contribution in [0.25, 0.3) is 11.3 Å². The molecule has 1 aliphatic rings. The second-order valence-electron chi connectivity index (χ2n) is 5.36. The van der Waals surface area contributed by atoms with Gasteiger partial charge in [0.1, 0.15) is 0 Å². The number of H-pyrrole nitrogens is 1. The predicted molar refractivity (Wildman–Crippen MR) is 78.3 cm³/mol. The number of benzene rings is 1. The Labute approximate surface area is 117 Å². The summed E-state index contributed by atoms with van der Waals surface area (Å²) in [5.41, 5.74) is 2.38. The quantitative estimate of drug-likeness (QED) is 0.800. The van der Waals surface area contributed by atoms with E-state index >= 15 is 0 Å². The van der Waals surface area contributed by atoms with Crippen LogP contribution in [0.2, 0.25) is 0 Å². The number of carbonyl (C=O) groups excluding carboxylic acids is 1. The van der Waals surface area contributed by atoms with Crippen molar-refractivity contribution in [1.29, 1.82) is 0 Å². The molecular formula is C15H18N4O. The Morgan fingerprint density at radius 3 is 2.75 bits per heavy atom. The number of aromatic amines is 1. The Morgan fingerprint density at radius 1 is 1.35 bits per heavy atom. The maximum Gasteiger partial charge on any atom is 0.244 e. The van der Waals surface area contributed by atoms with Crippen LogP contribution in [0.15, 0.2) is 36.8 Å². The van der Waals surface area contributed by atoms with E-state index in [1.807, 2.05) is 31.2 Å². The van der Waals surface area contributed by atoms with Crippen molar-refractivity contribution in [3.8, 4) is 11.3 Å². The molecular weight excluding hydrogens is 252 g/mol. The first-order valence-corrected chi connectivity index (χ1v) is 6.83. The first kappa shape index (κ1) is 12.9. The molecule has 0 spiro atoms. The third kappa shape index (κ3) is 2.44. The molecule has 3 N–H and O–H groups in total. The van der Waals surface area contributed by atoms with Gasteiger partial charge in [-0.2, -0.15) is 0 Å². The van der Waals surface area contributed by atoms with Crippen LogP contribution in [-0.2, 0) is 4.79 Å². The van der Waals surface area contributed by atoms with Crippen LogP contribution in [0.4, 0.5) is 5.69 Å². The van der Waals surface area contributed by atoms with Gasteiger partial charge in [0.2, 0.25) is 5.91 Å². The molecule has 104 valence electrons. The minimum Gasteiger partial charge on any atom is -0.345 e. The molecule has 2 heterocycles. The molecule has 1 aromatic heterocycles. The molecule has 1 aliphatic heterocycles. The van der Waals surface area contributed by atoms with Gasteiger partial charge in [0.15, 0.2) is 0 Å². The standard InChI is InChI=1S/C15H18N4O/c1-15(7-2-8-18-15)14(20)19-12-5-3-11(4-6-12)13-9-16-10-17-13/h3-6,9-10,18H,2,7-8H2,1H3,(H,16,17)(H,19,20). The highest BCUT2D eigenvalue weighted by Crippen LogP contribution is 2.22. The Hall–Kier alpha value is -2.14. The van der Waals surface area contributed by atoms with Crippen molar-refractivity contribution in [2.24, 2.45) is 0 Å². The summed E-state index contributed by atoms with van der Waals surface area (Å²) in [4.78, 5) is 19.3. The molecule has 1 fully saturated rings. The zero-order valence-corrected chi connectivity index (χ0v) is 11.4. The molecule has 1 aromatic carbocycles. The van der Waals surface area contributed by atoms with Gasteiger partial charge < -0.3 is 15.6 Å². The minimum atomic E-state index is -0.442. The van der Waals surface area contributed by atoms with Crippen molar-refractivity contribution in [2.45, 2.75) is 25.3 Å². The number of amides is 1. The molecule has 1 atom stereocenters. The van der Waals surface area contributed by atoms with Gasteiger partial charge >= 0.3 is 0 Å². The molecule has 1 amide bonds. The van der Waals surface area contributed by atoms with Crippen LogP contribution in [0, 0.1) is 0 Å². The molecule has 20 heavy (non-hydrogen) atoms. The van der Waals surface area contributed by atoms with Gasteiger partial charge in [-0.25, -0.2) is 4.98 Å². The molecule has 0 radical (unpaired) electrons. The summed E-state index contributed by atoms with van der Waals surface area (Å²) < 4.78 is 0. The minimum absolute atomic E-state index is 0.0318. The number of aromatic nitrogens is 2. The number of nitrogens with zero attached hydrogens (tertiary/aromatic N) is 1. The average molecular weight is 270 g/mol. The van der Waals surface area contributed by atoms with Crippen LogP contribution >= 0.6 is 0 Å². The van der Waals surface area contributed by atoms with Gasteiger partial charge in [0.25, 0.3) is 0 Å². The second kappa shape index (κ2) is 5.09. The van der Waals surface area contributed by atoms with E-state index in [1.54, 1.807) is 12.5 Å². The molecule has 5 nitrogen and oxygen atoms in total. The average Bonchev–Trinajstić information content (AvgIpc) is 3.11. The predicted octanol–water partition coefficient (Wildman–Crippen LogP) is 2.16. The maximum absolute atomic E-state index is 12.3. The lowest BCUT2D eigenvalue weighted by molar-refractivity contribution is -0.121. The van der Waals surface area contributed by atoms with Crippen LogP contribution < -0.4 is 10.6 Å². The highest BCUT2D eigenvalue weighted by molar-refractivity contribution is 5.98. The third-order valence-corrected chi connectivity index (χ3v) is 3.82. The summed E-state index contributed by atoms with van der Waals surface area (Å²) in [5.74, 6) is 0.0318. The molecule has 1 saturated heterocycles. The Morgan fingerprint density at radius 2 is 2.15 bits per heavy atom. The third-order valence-electron chi connectivity index (χ3n) is 3.82. The monoisotopic (exact) mass is 270 g/mol. The normalized spacial score (nSPS) is 21.9. The summed E-state index contributed by atoms with van der Waals surface area (Å²) in [7, 11) is 0.